The van der Waals surface area contributed by atoms with Crippen LogP contribution in [0.2, 0.25) is 0 Å². The number of alkyl halides is 1. The van der Waals surface area contributed by atoms with Crippen LogP contribution in [0.1, 0.15) is 47.4 Å². The Balaban J connectivity index is 2.13. The van der Waals surface area contributed by atoms with E-state index in [1.54, 1.807) is 0 Å². The van der Waals surface area contributed by atoms with E-state index >= 15 is 0 Å². The molecule has 2 rings (SSSR count). The first kappa shape index (κ1) is 14.3. The van der Waals surface area contributed by atoms with Gasteiger partial charge in [0.2, 0.25) is 0 Å². The second kappa shape index (κ2) is 6.38. The van der Waals surface area contributed by atoms with Gasteiger partial charge in [-0.25, -0.2) is 4.98 Å². The normalized spacial score (nSPS) is 18.9. The average Bonchev–Trinajstić information content (AvgIpc) is 2.82. The fraction of sp³-hybridized carbons (Fsp3) is 0.600. The van der Waals surface area contributed by atoms with Gasteiger partial charge in [-0.3, -0.25) is 4.79 Å². The molecule has 2 heterocycles. The van der Waals surface area contributed by atoms with E-state index in [4.69, 9.17) is 11.6 Å². The van der Waals surface area contributed by atoms with Crippen LogP contribution in [0.5, 0.6) is 0 Å². The summed E-state index contributed by atoms with van der Waals surface area (Å²) < 4.78 is 0. The van der Waals surface area contributed by atoms with Crippen molar-refractivity contribution in [2.75, 3.05) is 12.4 Å². The molecule has 1 unspecified atom stereocenters. The van der Waals surface area contributed by atoms with Gasteiger partial charge in [-0.1, -0.05) is 0 Å². The largest absolute Gasteiger partial charge is 0.334 e. The maximum Gasteiger partial charge on any atom is 0.272 e. The second-order valence-electron chi connectivity index (χ2n) is 5.30. The molecule has 0 aliphatic carbocycles. The lowest BCUT2D eigenvalue weighted by atomic mass is 10.1. The van der Waals surface area contributed by atoms with E-state index in [1.165, 1.54) is 0 Å². The van der Waals surface area contributed by atoms with Gasteiger partial charge in [0.1, 0.15) is 5.69 Å². The van der Waals surface area contributed by atoms with Crippen LogP contribution in [-0.2, 0) is 0 Å². The van der Waals surface area contributed by atoms with Gasteiger partial charge >= 0.3 is 0 Å². The van der Waals surface area contributed by atoms with Gasteiger partial charge in [0.05, 0.1) is 0 Å². The topological polar surface area (TPSA) is 33.2 Å². The monoisotopic (exact) mass is 280 g/mol. The summed E-state index contributed by atoms with van der Waals surface area (Å²) in [6.07, 6.45) is 4.15. The fourth-order valence-corrected chi connectivity index (χ4v) is 2.97. The summed E-state index contributed by atoms with van der Waals surface area (Å²) in [4.78, 5) is 18.9. The van der Waals surface area contributed by atoms with Crippen LogP contribution >= 0.6 is 11.6 Å². The summed E-state index contributed by atoms with van der Waals surface area (Å²) in [6.45, 7) is 4.78. The minimum Gasteiger partial charge on any atom is -0.334 e. The highest BCUT2D eigenvalue weighted by Crippen LogP contribution is 2.23. The molecule has 0 bridgehead atoms. The molecule has 4 heteroatoms. The van der Waals surface area contributed by atoms with Gasteiger partial charge < -0.3 is 4.90 Å². The van der Waals surface area contributed by atoms with Crippen LogP contribution in [-0.4, -0.2) is 34.3 Å². The molecule has 0 N–H and O–H groups in total. The van der Waals surface area contributed by atoms with Crippen molar-refractivity contribution in [3.63, 3.8) is 0 Å². The number of hydrogen-bond acceptors (Lipinski definition) is 2. The summed E-state index contributed by atoms with van der Waals surface area (Å²) in [7, 11) is 0. The van der Waals surface area contributed by atoms with E-state index < -0.39 is 0 Å². The average molecular weight is 281 g/mol. The molecular formula is C15H21ClN2O. The summed E-state index contributed by atoms with van der Waals surface area (Å²) in [6, 6.07) is 4.21. The summed E-state index contributed by atoms with van der Waals surface area (Å²) in [5, 5.41) is 0. The zero-order chi connectivity index (χ0) is 13.8. The molecular weight excluding hydrogens is 260 g/mol. The maximum atomic E-state index is 12.6. The Morgan fingerprint density at radius 2 is 2.26 bits per heavy atom. The van der Waals surface area contributed by atoms with E-state index in [0.29, 0.717) is 17.6 Å². The highest BCUT2D eigenvalue weighted by molar-refractivity contribution is 6.17. The minimum atomic E-state index is 0.0730. The van der Waals surface area contributed by atoms with Crippen LogP contribution in [0.25, 0.3) is 0 Å². The second-order valence-corrected chi connectivity index (χ2v) is 5.67. The predicted molar refractivity (Wildman–Crippen MR) is 77.7 cm³/mol. The molecule has 1 aliphatic heterocycles. The lowest BCUT2D eigenvalue weighted by Crippen LogP contribution is -2.36. The molecule has 0 spiro atoms. The predicted octanol–water partition coefficient (Wildman–Crippen LogP) is 3.32. The number of carbonyl (C=O) groups is 1. The van der Waals surface area contributed by atoms with Crippen LogP contribution < -0.4 is 0 Å². The molecule has 1 amide bonds. The Morgan fingerprint density at radius 1 is 1.47 bits per heavy atom. The Bertz CT molecular complexity index is 441. The van der Waals surface area contributed by atoms with Gasteiger partial charge in [-0.15, -0.1) is 11.6 Å². The molecule has 0 radical (unpaired) electrons. The van der Waals surface area contributed by atoms with Crippen LogP contribution in [0.4, 0.5) is 0 Å². The molecule has 1 fully saturated rings. The first-order valence-electron chi connectivity index (χ1n) is 6.94. The Morgan fingerprint density at radius 3 is 2.95 bits per heavy atom. The summed E-state index contributed by atoms with van der Waals surface area (Å²) in [5.41, 5.74) is 2.57. The number of pyridine rings is 1. The number of nitrogens with zero attached hydrogens (tertiary/aromatic N) is 2. The molecule has 19 heavy (non-hydrogen) atoms. The fourth-order valence-electron chi connectivity index (χ4n) is 2.81. The Labute approximate surface area is 120 Å². The Kier molecular flexibility index (Phi) is 4.81. The van der Waals surface area contributed by atoms with Gasteiger partial charge in [-0.2, -0.15) is 0 Å². The number of aryl methyl sites for hydroxylation is 2. The van der Waals surface area contributed by atoms with Crippen LogP contribution in [0, 0.1) is 13.8 Å². The third-order valence-corrected chi connectivity index (χ3v) is 3.89. The number of halogens is 1. The van der Waals surface area contributed by atoms with Crippen molar-refractivity contribution < 1.29 is 4.79 Å². The van der Waals surface area contributed by atoms with Gasteiger partial charge in [0, 0.05) is 24.2 Å². The first-order chi connectivity index (χ1) is 9.11. The number of amides is 1. The minimum absolute atomic E-state index is 0.0730. The SMILES string of the molecule is Cc1cc(C)nc(C(=O)N2CCCC2CCCCl)c1. The van der Waals surface area contributed by atoms with Crippen molar-refractivity contribution in [1.29, 1.82) is 0 Å². The highest BCUT2D eigenvalue weighted by Gasteiger charge is 2.29. The van der Waals surface area contributed by atoms with Crippen molar-refractivity contribution in [2.24, 2.45) is 0 Å². The molecule has 0 saturated carbocycles. The number of carbonyl (C=O) groups excluding carboxylic acids is 1. The van der Waals surface area contributed by atoms with Gasteiger partial charge in [-0.05, 0) is 57.2 Å². The summed E-state index contributed by atoms with van der Waals surface area (Å²) in [5.74, 6) is 0.740. The number of rotatable bonds is 4. The van der Waals surface area contributed by atoms with Crippen molar-refractivity contribution in [3.8, 4) is 0 Å². The highest BCUT2D eigenvalue weighted by atomic mass is 35.5. The Hall–Kier alpha value is -1.09. The number of aromatic nitrogens is 1. The molecule has 1 aromatic rings. The first-order valence-corrected chi connectivity index (χ1v) is 7.47. The van der Waals surface area contributed by atoms with E-state index in [0.717, 1.165) is 43.5 Å². The van der Waals surface area contributed by atoms with E-state index in [2.05, 4.69) is 4.98 Å². The maximum absolute atomic E-state index is 12.6. The van der Waals surface area contributed by atoms with E-state index in [-0.39, 0.29) is 5.91 Å². The van der Waals surface area contributed by atoms with Gasteiger partial charge in [0.15, 0.2) is 0 Å². The molecule has 1 saturated heterocycles. The smallest absolute Gasteiger partial charge is 0.272 e. The van der Waals surface area contributed by atoms with Crippen molar-refractivity contribution in [2.45, 2.75) is 45.6 Å². The number of hydrogen-bond donors (Lipinski definition) is 0. The summed E-state index contributed by atoms with van der Waals surface area (Å²) >= 11 is 5.75. The van der Waals surface area contributed by atoms with Crippen molar-refractivity contribution >= 4 is 17.5 Å². The van der Waals surface area contributed by atoms with Crippen LogP contribution in [0.15, 0.2) is 12.1 Å². The van der Waals surface area contributed by atoms with Crippen molar-refractivity contribution in [3.05, 3.63) is 29.1 Å². The van der Waals surface area contributed by atoms with Crippen molar-refractivity contribution in [1.82, 2.24) is 9.88 Å². The quantitative estimate of drug-likeness (QED) is 0.793. The van der Waals surface area contributed by atoms with Gasteiger partial charge in [0.25, 0.3) is 5.91 Å². The van der Waals surface area contributed by atoms with Crippen LogP contribution in [0.3, 0.4) is 0 Å². The molecule has 1 aliphatic rings. The third kappa shape index (κ3) is 3.47. The molecule has 0 aromatic carbocycles. The molecule has 1 atom stereocenters. The molecule has 1 aromatic heterocycles. The third-order valence-electron chi connectivity index (χ3n) is 3.63. The zero-order valence-electron chi connectivity index (χ0n) is 11.7. The molecule has 3 nitrogen and oxygen atoms in total. The standard InChI is InChI=1S/C15H21ClN2O/c1-11-9-12(2)17-14(10-11)15(19)18-8-4-6-13(18)5-3-7-16/h9-10,13H,3-8H2,1-2H3. The number of likely N-dealkylation sites (tertiary alicyclic amines) is 1. The van der Waals surface area contributed by atoms with E-state index in [9.17, 15) is 4.79 Å². The molecule has 104 valence electrons. The zero-order valence-corrected chi connectivity index (χ0v) is 12.4. The lowest BCUT2D eigenvalue weighted by molar-refractivity contribution is 0.0724. The van der Waals surface area contributed by atoms with E-state index in [1.807, 2.05) is 30.9 Å². The lowest BCUT2D eigenvalue weighted by Gasteiger charge is -2.24.